The van der Waals surface area contributed by atoms with Gasteiger partial charge in [-0.3, -0.25) is 9.59 Å². The van der Waals surface area contributed by atoms with Gasteiger partial charge in [0.15, 0.2) is 0 Å². The number of hydrogen-bond donors (Lipinski definition) is 2. The quantitative estimate of drug-likeness (QED) is 0.661. The lowest BCUT2D eigenvalue weighted by atomic mass is 10.1. The minimum absolute atomic E-state index is 0.0789. The van der Waals surface area contributed by atoms with Crippen LogP contribution in [-0.2, 0) is 16.0 Å². The maximum Gasteiger partial charge on any atom is 0.391 e. The zero-order valence-electron chi connectivity index (χ0n) is 12.2. The van der Waals surface area contributed by atoms with Gasteiger partial charge in [0.05, 0.1) is 18.0 Å². The minimum Gasteiger partial charge on any atom is -0.496 e. The van der Waals surface area contributed by atoms with E-state index in [-0.39, 0.29) is 13.0 Å². The molecule has 0 heterocycles. The molecule has 0 fully saturated rings. The van der Waals surface area contributed by atoms with Gasteiger partial charge in [0, 0.05) is 6.54 Å². The zero-order valence-corrected chi connectivity index (χ0v) is 13.8. The summed E-state index contributed by atoms with van der Waals surface area (Å²) in [5.74, 6) is -0.259. The van der Waals surface area contributed by atoms with Crippen LogP contribution in [-0.4, -0.2) is 38.2 Å². The second-order valence-electron chi connectivity index (χ2n) is 4.67. The molecule has 0 aliphatic carbocycles. The molecule has 23 heavy (non-hydrogen) atoms. The molecule has 0 aliphatic heterocycles. The van der Waals surface area contributed by atoms with Crippen LogP contribution in [0.1, 0.15) is 12.0 Å². The summed E-state index contributed by atoms with van der Waals surface area (Å²) in [5, 5.41) is 4.25. The molecule has 128 valence electrons. The van der Waals surface area contributed by atoms with Gasteiger partial charge in [0.1, 0.15) is 11.8 Å². The van der Waals surface area contributed by atoms with Crippen molar-refractivity contribution in [2.75, 3.05) is 13.7 Å². The summed E-state index contributed by atoms with van der Waals surface area (Å²) in [7, 11) is 1.51. The van der Waals surface area contributed by atoms with Gasteiger partial charge in [0.25, 0.3) is 0 Å². The molecule has 1 rings (SSSR count). The Labute approximate surface area is 139 Å². The number of nitrogens with one attached hydrogen (secondary N) is 2. The smallest absolute Gasteiger partial charge is 0.391 e. The van der Waals surface area contributed by atoms with E-state index in [0.717, 1.165) is 10.0 Å². The van der Waals surface area contributed by atoms with Gasteiger partial charge >= 0.3 is 6.18 Å². The summed E-state index contributed by atoms with van der Waals surface area (Å²) in [4.78, 5) is 22.0. The molecule has 1 atom stereocenters. The van der Waals surface area contributed by atoms with Crippen molar-refractivity contribution in [2.24, 2.45) is 0 Å². The average Bonchev–Trinajstić information content (AvgIpc) is 2.47. The molecule has 0 aliphatic rings. The Balaban J connectivity index is 2.55. The first kappa shape index (κ1) is 19.3. The van der Waals surface area contributed by atoms with E-state index in [0.29, 0.717) is 12.2 Å². The molecule has 2 amide bonds. The van der Waals surface area contributed by atoms with E-state index in [1.165, 1.54) is 7.11 Å². The highest BCUT2D eigenvalue weighted by Gasteiger charge is 2.35. The van der Waals surface area contributed by atoms with Crippen molar-refractivity contribution in [1.29, 1.82) is 0 Å². The second kappa shape index (κ2) is 8.76. The summed E-state index contributed by atoms with van der Waals surface area (Å²) < 4.78 is 42.9. The molecule has 1 aromatic rings. The average molecular weight is 397 g/mol. The number of halogens is 4. The molecule has 0 aromatic heterocycles. The van der Waals surface area contributed by atoms with Crippen LogP contribution < -0.4 is 15.4 Å². The lowest BCUT2D eigenvalue weighted by molar-refractivity contribution is -0.150. The zero-order chi connectivity index (χ0) is 17.5. The maximum atomic E-state index is 12.3. The number of hydrogen-bond acceptors (Lipinski definition) is 3. The van der Waals surface area contributed by atoms with Crippen molar-refractivity contribution in [3.63, 3.8) is 0 Å². The molecular formula is C14H16BrF3N2O3. The Morgan fingerprint density at radius 1 is 1.43 bits per heavy atom. The number of benzene rings is 1. The fraction of sp³-hybridized carbons (Fsp3) is 0.429. The maximum absolute atomic E-state index is 12.3. The van der Waals surface area contributed by atoms with Gasteiger partial charge in [-0.1, -0.05) is 6.07 Å². The third-order valence-electron chi connectivity index (χ3n) is 2.95. The van der Waals surface area contributed by atoms with E-state index < -0.39 is 24.5 Å². The first-order valence-corrected chi connectivity index (χ1v) is 7.42. The fourth-order valence-electron chi connectivity index (χ4n) is 1.85. The molecule has 0 spiro atoms. The molecule has 1 aromatic carbocycles. The topological polar surface area (TPSA) is 67.4 Å². The Hall–Kier alpha value is -1.77. The van der Waals surface area contributed by atoms with E-state index in [2.05, 4.69) is 21.2 Å². The van der Waals surface area contributed by atoms with Crippen molar-refractivity contribution in [1.82, 2.24) is 10.6 Å². The molecule has 0 unspecified atom stereocenters. The van der Waals surface area contributed by atoms with Crippen molar-refractivity contribution in [2.45, 2.75) is 25.1 Å². The van der Waals surface area contributed by atoms with E-state index in [1.807, 2.05) is 5.32 Å². The van der Waals surface area contributed by atoms with Crippen LogP contribution in [0.2, 0.25) is 0 Å². The SMILES string of the molecule is COc1cc(CCNC(=O)[C@H](CC(F)(F)F)NC=O)ccc1Br. The summed E-state index contributed by atoms with van der Waals surface area (Å²) >= 11 is 3.30. The van der Waals surface area contributed by atoms with Gasteiger partial charge in [-0.05, 0) is 40.0 Å². The van der Waals surface area contributed by atoms with Gasteiger partial charge in [-0.2, -0.15) is 13.2 Å². The molecule has 2 N–H and O–H groups in total. The molecule has 9 heteroatoms. The Kier molecular flexibility index (Phi) is 7.34. The van der Waals surface area contributed by atoms with Crippen LogP contribution in [0.15, 0.2) is 22.7 Å². The van der Waals surface area contributed by atoms with E-state index in [9.17, 15) is 22.8 Å². The van der Waals surface area contributed by atoms with E-state index in [4.69, 9.17) is 4.74 Å². The molecule has 0 saturated heterocycles. The number of alkyl halides is 3. The van der Waals surface area contributed by atoms with Crippen LogP contribution in [0.25, 0.3) is 0 Å². The summed E-state index contributed by atoms with van der Waals surface area (Å²) in [6.45, 7) is 0.137. The van der Waals surface area contributed by atoms with Gasteiger partial charge in [-0.25, -0.2) is 0 Å². The summed E-state index contributed by atoms with van der Waals surface area (Å²) in [6, 6.07) is 3.70. The largest absolute Gasteiger partial charge is 0.496 e. The number of carbonyl (C=O) groups excluding carboxylic acids is 2. The lowest BCUT2D eigenvalue weighted by Gasteiger charge is -2.17. The standard InChI is InChI=1S/C14H16BrF3N2O3/c1-23-12-6-9(2-3-10(12)15)4-5-19-13(22)11(20-8-21)7-14(16,17)18/h2-3,6,8,11H,4-5,7H2,1H3,(H,19,22)(H,20,21)/t11-/m0/s1. The van der Waals surface area contributed by atoms with Gasteiger partial charge in [-0.15, -0.1) is 0 Å². The Morgan fingerprint density at radius 2 is 2.13 bits per heavy atom. The normalized spacial score (nSPS) is 12.4. The number of carbonyl (C=O) groups is 2. The van der Waals surface area contributed by atoms with Gasteiger partial charge in [0.2, 0.25) is 12.3 Å². The third kappa shape index (κ3) is 6.89. The van der Waals surface area contributed by atoms with Crippen LogP contribution in [0.4, 0.5) is 13.2 Å². The Morgan fingerprint density at radius 3 is 2.70 bits per heavy atom. The molecule has 5 nitrogen and oxygen atoms in total. The van der Waals surface area contributed by atoms with E-state index >= 15 is 0 Å². The van der Waals surface area contributed by atoms with Crippen molar-refractivity contribution in [3.05, 3.63) is 28.2 Å². The predicted molar refractivity (Wildman–Crippen MR) is 81.1 cm³/mol. The number of methoxy groups -OCH3 is 1. The highest BCUT2D eigenvalue weighted by atomic mass is 79.9. The number of ether oxygens (including phenoxy) is 1. The van der Waals surface area contributed by atoms with Crippen LogP contribution in [0.3, 0.4) is 0 Å². The third-order valence-corrected chi connectivity index (χ3v) is 3.60. The van der Waals surface area contributed by atoms with Gasteiger partial charge < -0.3 is 15.4 Å². The van der Waals surface area contributed by atoms with Crippen LogP contribution >= 0.6 is 15.9 Å². The van der Waals surface area contributed by atoms with Crippen molar-refractivity contribution >= 4 is 28.2 Å². The number of amides is 2. The molecule has 0 radical (unpaired) electrons. The summed E-state index contributed by atoms with van der Waals surface area (Å²) in [5.41, 5.74) is 0.848. The monoisotopic (exact) mass is 396 g/mol. The Bertz CT molecular complexity index is 553. The van der Waals surface area contributed by atoms with Crippen LogP contribution in [0, 0.1) is 0 Å². The predicted octanol–water partition coefficient (Wildman–Crippen LogP) is 2.18. The highest BCUT2D eigenvalue weighted by molar-refractivity contribution is 9.10. The minimum atomic E-state index is -4.54. The second-order valence-corrected chi connectivity index (χ2v) is 5.52. The van der Waals surface area contributed by atoms with Crippen molar-refractivity contribution < 1.29 is 27.5 Å². The van der Waals surface area contributed by atoms with Crippen molar-refractivity contribution in [3.8, 4) is 5.75 Å². The van der Waals surface area contributed by atoms with E-state index in [1.54, 1.807) is 18.2 Å². The first-order valence-electron chi connectivity index (χ1n) is 6.63. The van der Waals surface area contributed by atoms with Crippen LogP contribution in [0.5, 0.6) is 5.75 Å². The molecule has 0 saturated carbocycles. The highest BCUT2D eigenvalue weighted by Crippen LogP contribution is 2.25. The lowest BCUT2D eigenvalue weighted by Crippen LogP contribution is -2.46. The first-order chi connectivity index (χ1) is 10.8. The number of rotatable bonds is 8. The molecular weight excluding hydrogens is 381 g/mol. The fourth-order valence-corrected chi connectivity index (χ4v) is 2.26. The molecule has 0 bridgehead atoms. The summed E-state index contributed by atoms with van der Waals surface area (Å²) in [6.07, 6.45) is -5.47.